The van der Waals surface area contributed by atoms with E-state index in [1.807, 2.05) is 14.1 Å². The van der Waals surface area contributed by atoms with Crippen molar-refractivity contribution in [2.75, 3.05) is 27.2 Å². The summed E-state index contributed by atoms with van der Waals surface area (Å²) in [4.78, 5) is 29.3. The van der Waals surface area contributed by atoms with Gasteiger partial charge in [0.15, 0.2) is 0 Å². The Hall–Kier alpha value is -1.46. The van der Waals surface area contributed by atoms with E-state index >= 15 is 0 Å². The Morgan fingerprint density at radius 2 is 1.50 bits per heavy atom. The van der Waals surface area contributed by atoms with Crippen LogP contribution in [0.3, 0.4) is 0 Å². The Morgan fingerprint density at radius 1 is 1.00 bits per heavy atom. The van der Waals surface area contributed by atoms with Gasteiger partial charge in [-0.05, 0) is 64.9 Å². The predicted molar refractivity (Wildman–Crippen MR) is 90.2 cm³/mol. The van der Waals surface area contributed by atoms with Gasteiger partial charge in [-0.1, -0.05) is 11.1 Å². The van der Waals surface area contributed by atoms with Crippen molar-refractivity contribution >= 4 is 11.8 Å². The maximum atomic E-state index is 12.9. The summed E-state index contributed by atoms with van der Waals surface area (Å²) >= 11 is 0. The zero-order valence-corrected chi connectivity index (χ0v) is 15.0. The lowest BCUT2D eigenvalue weighted by Gasteiger charge is -2.28. The molecule has 0 radical (unpaired) electrons. The lowest BCUT2D eigenvalue weighted by Crippen LogP contribution is -2.36. The fourth-order valence-corrected chi connectivity index (χ4v) is 4.77. The first kappa shape index (κ1) is 16.0. The molecule has 2 saturated heterocycles. The molecule has 4 atom stereocenters. The van der Waals surface area contributed by atoms with E-state index in [0.29, 0.717) is 6.54 Å². The standard InChI is InChI=1S/C19H26N2O3/c1-10-8-12-13(9-11(10)2)17-15-14(16(12)24-17)18(22)21(19(15)23)7-5-6-20(3)4/h14-17H,5-9H2,1-4H3. The molecule has 0 N–H and O–H groups in total. The average Bonchev–Trinajstić information content (AvgIpc) is 3.13. The van der Waals surface area contributed by atoms with Gasteiger partial charge < -0.3 is 9.64 Å². The van der Waals surface area contributed by atoms with E-state index in [4.69, 9.17) is 4.74 Å². The van der Waals surface area contributed by atoms with Crippen LogP contribution in [0.15, 0.2) is 22.3 Å². The van der Waals surface area contributed by atoms with Crippen molar-refractivity contribution in [3.63, 3.8) is 0 Å². The highest BCUT2D eigenvalue weighted by Gasteiger charge is 2.64. The van der Waals surface area contributed by atoms with Crippen molar-refractivity contribution in [2.45, 2.75) is 45.3 Å². The van der Waals surface area contributed by atoms with Gasteiger partial charge in [0, 0.05) is 6.54 Å². The fourth-order valence-electron chi connectivity index (χ4n) is 4.77. The topological polar surface area (TPSA) is 49.9 Å². The predicted octanol–water partition coefficient (Wildman–Crippen LogP) is 1.75. The highest BCUT2D eigenvalue weighted by atomic mass is 16.5. The van der Waals surface area contributed by atoms with Crippen LogP contribution in [0.2, 0.25) is 0 Å². The van der Waals surface area contributed by atoms with Gasteiger partial charge in [-0.15, -0.1) is 0 Å². The number of fused-ring (bicyclic) bond motifs is 7. The van der Waals surface area contributed by atoms with Crippen molar-refractivity contribution in [2.24, 2.45) is 11.8 Å². The molecule has 4 unspecified atom stereocenters. The van der Waals surface area contributed by atoms with Gasteiger partial charge in [0.25, 0.3) is 0 Å². The van der Waals surface area contributed by atoms with Gasteiger partial charge in [0.1, 0.15) is 0 Å². The van der Waals surface area contributed by atoms with Crippen LogP contribution in [-0.4, -0.2) is 61.0 Å². The van der Waals surface area contributed by atoms with Crippen LogP contribution in [0, 0.1) is 11.8 Å². The number of hydrogen-bond acceptors (Lipinski definition) is 4. The lowest BCUT2D eigenvalue weighted by molar-refractivity contribution is -0.142. The first-order valence-corrected chi connectivity index (χ1v) is 8.92. The number of likely N-dealkylation sites (tertiary alicyclic amines) is 1. The van der Waals surface area contributed by atoms with Gasteiger partial charge >= 0.3 is 0 Å². The summed E-state index contributed by atoms with van der Waals surface area (Å²) < 4.78 is 6.14. The normalized spacial score (nSPS) is 34.8. The third kappa shape index (κ3) is 2.14. The first-order chi connectivity index (χ1) is 11.4. The SMILES string of the molecule is CC1=C(C)CC2=C(C1)C1OC2C2C(=O)N(CCCN(C)C)C(=O)C12. The number of amides is 2. The van der Waals surface area contributed by atoms with Crippen molar-refractivity contribution in [3.8, 4) is 0 Å². The van der Waals surface area contributed by atoms with E-state index in [0.717, 1.165) is 25.8 Å². The quantitative estimate of drug-likeness (QED) is 0.582. The zero-order valence-electron chi connectivity index (χ0n) is 15.0. The van der Waals surface area contributed by atoms with Crippen LogP contribution in [0.1, 0.15) is 33.1 Å². The minimum absolute atomic E-state index is 0.00765. The van der Waals surface area contributed by atoms with Crippen molar-refractivity contribution in [1.82, 2.24) is 9.80 Å². The molecule has 130 valence electrons. The molecule has 0 spiro atoms. The summed E-state index contributed by atoms with van der Waals surface area (Å²) in [6, 6.07) is 0. The molecule has 2 bridgehead atoms. The fraction of sp³-hybridized carbons (Fsp3) is 0.684. The number of nitrogens with zero attached hydrogens (tertiary/aromatic N) is 2. The molecule has 3 aliphatic heterocycles. The second-order valence-corrected chi connectivity index (χ2v) is 7.98. The molecule has 4 aliphatic rings. The largest absolute Gasteiger partial charge is 0.365 e. The van der Waals surface area contributed by atoms with Crippen LogP contribution in [0.4, 0.5) is 0 Å². The summed E-state index contributed by atoms with van der Waals surface area (Å²) in [6.07, 6.45) is 2.33. The van der Waals surface area contributed by atoms with Crippen LogP contribution in [0.25, 0.3) is 0 Å². The Bertz CT molecular complexity index is 628. The highest BCUT2D eigenvalue weighted by molar-refractivity contribution is 6.07. The molecular formula is C19H26N2O3. The van der Waals surface area contributed by atoms with E-state index in [1.54, 1.807) is 0 Å². The molecule has 0 aromatic carbocycles. The third-order valence-electron chi connectivity index (χ3n) is 6.16. The maximum Gasteiger partial charge on any atom is 0.236 e. The number of allylic oxidation sites excluding steroid dienone is 2. The van der Waals surface area contributed by atoms with Gasteiger partial charge in [-0.3, -0.25) is 14.5 Å². The number of hydrogen-bond donors (Lipinski definition) is 0. The molecular weight excluding hydrogens is 304 g/mol. The van der Waals surface area contributed by atoms with Gasteiger partial charge in [0.05, 0.1) is 24.0 Å². The minimum Gasteiger partial charge on any atom is -0.365 e. The first-order valence-electron chi connectivity index (χ1n) is 8.92. The molecule has 24 heavy (non-hydrogen) atoms. The summed E-state index contributed by atoms with van der Waals surface area (Å²) in [6.45, 7) is 5.74. The summed E-state index contributed by atoms with van der Waals surface area (Å²) in [7, 11) is 4.01. The van der Waals surface area contributed by atoms with Crippen molar-refractivity contribution in [3.05, 3.63) is 22.3 Å². The summed E-state index contributed by atoms with van der Waals surface area (Å²) in [5, 5.41) is 0. The van der Waals surface area contributed by atoms with Crippen LogP contribution in [-0.2, 0) is 14.3 Å². The van der Waals surface area contributed by atoms with Gasteiger partial charge in [-0.25, -0.2) is 0 Å². The summed E-state index contributed by atoms with van der Waals surface area (Å²) in [5.74, 6) is -0.558. The monoisotopic (exact) mass is 330 g/mol. The lowest BCUT2D eigenvalue weighted by atomic mass is 9.71. The average molecular weight is 330 g/mol. The maximum absolute atomic E-state index is 12.9. The molecule has 0 aromatic rings. The molecule has 2 fully saturated rings. The molecule has 5 nitrogen and oxygen atoms in total. The zero-order chi connectivity index (χ0) is 17.2. The second-order valence-electron chi connectivity index (χ2n) is 7.98. The molecule has 3 heterocycles. The highest BCUT2D eigenvalue weighted by Crippen LogP contribution is 2.55. The minimum atomic E-state index is -0.271. The van der Waals surface area contributed by atoms with Crippen LogP contribution in [0.5, 0.6) is 0 Å². The number of rotatable bonds is 4. The number of ether oxygens (including phenoxy) is 1. The smallest absolute Gasteiger partial charge is 0.236 e. The third-order valence-corrected chi connectivity index (χ3v) is 6.16. The van der Waals surface area contributed by atoms with Crippen molar-refractivity contribution in [1.29, 1.82) is 0 Å². The van der Waals surface area contributed by atoms with Crippen molar-refractivity contribution < 1.29 is 14.3 Å². The van der Waals surface area contributed by atoms with E-state index in [9.17, 15) is 9.59 Å². The Balaban J connectivity index is 1.55. The summed E-state index contributed by atoms with van der Waals surface area (Å²) in [5.41, 5.74) is 5.36. The molecule has 2 amide bonds. The van der Waals surface area contributed by atoms with E-state index in [2.05, 4.69) is 18.7 Å². The molecule has 1 aliphatic carbocycles. The number of imide groups is 1. The number of carbonyl (C=O) groups is 2. The molecule has 5 heteroatoms. The van der Waals surface area contributed by atoms with Crippen LogP contribution >= 0.6 is 0 Å². The molecule has 4 rings (SSSR count). The molecule has 0 aromatic heterocycles. The number of carbonyl (C=O) groups excluding carboxylic acids is 2. The Morgan fingerprint density at radius 3 is 1.96 bits per heavy atom. The van der Waals surface area contributed by atoms with Crippen LogP contribution < -0.4 is 0 Å². The Kier molecular flexibility index (Phi) is 3.69. The van der Waals surface area contributed by atoms with Gasteiger partial charge in [0.2, 0.25) is 11.8 Å². The second kappa shape index (κ2) is 5.53. The Labute approximate surface area is 143 Å². The van der Waals surface area contributed by atoms with E-state index in [-0.39, 0.29) is 35.9 Å². The van der Waals surface area contributed by atoms with E-state index < -0.39 is 0 Å². The van der Waals surface area contributed by atoms with Gasteiger partial charge in [-0.2, -0.15) is 0 Å². The van der Waals surface area contributed by atoms with E-state index in [1.165, 1.54) is 27.2 Å². The molecule has 0 saturated carbocycles.